The van der Waals surface area contributed by atoms with Crippen molar-refractivity contribution in [3.05, 3.63) is 59.4 Å². The van der Waals surface area contributed by atoms with E-state index < -0.39 is 6.10 Å². The molecule has 5 nitrogen and oxygen atoms in total. The number of amides is 1. The van der Waals surface area contributed by atoms with Crippen molar-refractivity contribution in [2.75, 3.05) is 49.1 Å². The summed E-state index contributed by atoms with van der Waals surface area (Å²) in [4.78, 5) is 18.9. The van der Waals surface area contributed by atoms with Crippen molar-refractivity contribution < 1.29 is 14.3 Å². The molecule has 0 radical (unpaired) electrons. The van der Waals surface area contributed by atoms with Gasteiger partial charge in [-0.2, -0.15) is 0 Å². The van der Waals surface area contributed by atoms with Crippen LogP contribution < -0.4 is 9.80 Å². The number of hydrogen-bond acceptors (Lipinski definition) is 4. The standard InChI is InChI=1S/C25H30FN3O2/c26-21-5-1-2-6-23(21)28-14-12-27(13-15-28)17-24(30)20-9-10-22-19(16-20)4-3-11-29(22)25(31)18-7-8-18/h1-2,5-6,9-10,16,18,24,30H,3-4,7-8,11-15,17H2/t24-/m1/s1. The number of aryl methyl sites for hydroxylation is 1. The van der Waals surface area contributed by atoms with Crippen LogP contribution in [0.3, 0.4) is 0 Å². The van der Waals surface area contributed by atoms with Gasteiger partial charge in [0.2, 0.25) is 5.91 Å². The first-order chi connectivity index (χ1) is 15.1. The Labute approximate surface area is 183 Å². The van der Waals surface area contributed by atoms with Crippen molar-refractivity contribution in [1.29, 1.82) is 0 Å². The first-order valence-corrected chi connectivity index (χ1v) is 11.4. The molecule has 1 saturated carbocycles. The first kappa shape index (κ1) is 20.5. The maximum Gasteiger partial charge on any atom is 0.230 e. The van der Waals surface area contributed by atoms with Crippen molar-refractivity contribution in [2.45, 2.75) is 31.8 Å². The fourth-order valence-corrected chi connectivity index (χ4v) is 4.83. The van der Waals surface area contributed by atoms with E-state index in [2.05, 4.69) is 15.9 Å². The Bertz CT molecular complexity index is 954. The number of benzene rings is 2. The largest absolute Gasteiger partial charge is 0.387 e. The van der Waals surface area contributed by atoms with Crippen LogP contribution in [0.5, 0.6) is 0 Å². The molecule has 2 fully saturated rings. The number of rotatable bonds is 5. The van der Waals surface area contributed by atoms with Gasteiger partial charge in [0.25, 0.3) is 0 Å². The summed E-state index contributed by atoms with van der Waals surface area (Å²) in [6, 6.07) is 13.0. The van der Waals surface area contributed by atoms with Crippen LogP contribution in [0.4, 0.5) is 15.8 Å². The average Bonchev–Trinajstić information content (AvgIpc) is 3.64. The van der Waals surface area contributed by atoms with Crippen LogP contribution in [0.15, 0.2) is 42.5 Å². The van der Waals surface area contributed by atoms with Crippen LogP contribution in [-0.4, -0.2) is 55.2 Å². The highest BCUT2D eigenvalue weighted by molar-refractivity contribution is 5.97. The van der Waals surface area contributed by atoms with Gasteiger partial charge in [0.1, 0.15) is 5.82 Å². The number of β-amino-alcohol motifs (C(OH)–C–C–N with tert-alkyl or cyclic N) is 1. The molecule has 1 saturated heterocycles. The van der Waals surface area contributed by atoms with E-state index in [1.165, 1.54) is 11.6 Å². The molecule has 1 N–H and O–H groups in total. The van der Waals surface area contributed by atoms with Gasteiger partial charge in [0.15, 0.2) is 0 Å². The van der Waals surface area contributed by atoms with E-state index in [9.17, 15) is 14.3 Å². The van der Waals surface area contributed by atoms with E-state index in [-0.39, 0.29) is 17.6 Å². The van der Waals surface area contributed by atoms with Crippen LogP contribution in [0.25, 0.3) is 0 Å². The molecule has 1 atom stereocenters. The molecule has 2 heterocycles. The lowest BCUT2D eigenvalue weighted by molar-refractivity contribution is -0.119. The highest BCUT2D eigenvalue weighted by Crippen LogP contribution is 2.36. The third-order valence-corrected chi connectivity index (χ3v) is 6.80. The van der Waals surface area contributed by atoms with Gasteiger partial charge in [-0.1, -0.05) is 24.3 Å². The van der Waals surface area contributed by atoms with E-state index in [4.69, 9.17) is 0 Å². The van der Waals surface area contributed by atoms with Gasteiger partial charge >= 0.3 is 0 Å². The van der Waals surface area contributed by atoms with E-state index >= 15 is 0 Å². The molecule has 6 heteroatoms. The molecule has 164 valence electrons. The topological polar surface area (TPSA) is 47.0 Å². The van der Waals surface area contributed by atoms with Gasteiger partial charge in [-0.3, -0.25) is 9.69 Å². The molecule has 0 bridgehead atoms. The fraction of sp³-hybridized carbons (Fsp3) is 0.480. The maximum atomic E-state index is 14.0. The molecule has 31 heavy (non-hydrogen) atoms. The summed E-state index contributed by atoms with van der Waals surface area (Å²) < 4.78 is 14.0. The minimum Gasteiger partial charge on any atom is -0.387 e. The number of piperazine rings is 1. The fourth-order valence-electron chi connectivity index (χ4n) is 4.83. The van der Waals surface area contributed by atoms with E-state index in [0.29, 0.717) is 12.2 Å². The zero-order valence-electron chi connectivity index (χ0n) is 17.8. The number of aliphatic hydroxyl groups excluding tert-OH is 1. The Morgan fingerprint density at radius 1 is 1.03 bits per heavy atom. The van der Waals surface area contributed by atoms with Gasteiger partial charge in [-0.15, -0.1) is 0 Å². The Kier molecular flexibility index (Phi) is 5.67. The van der Waals surface area contributed by atoms with Crippen molar-refractivity contribution in [1.82, 2.24) is 4.90 Å². The summed E-state index contributed by atoms with van der Waals surface area (Å²) in [6.45, 7) is 4.44. The zero-order valence-corrected chi connectivity index (χ0v) is 17.8. The highest BCUT2D eigenvalue weighted by Gasteiger charge is 2.35. The lowest BCUT2D eigenvalue weighted by atomic mass is 9.96. The minimum atomic E-state index is -0.570. The predicted octanol–water partition coefficient (Wildman–Crippen LogP) is 3.37. The van der Waals surface area contributed by atoms with Crippen molar-refractivity contribution in [3.8, 4) is 0 Å². The summed E-state index contributed by atoms with van der Waals surface area (Å²) in [5.74, 6) is 0.306. The molecule has 0 aromatic heterocycles. The third-order valence-electron chi connectivity index (χ3n) is 6.80. The molecule has 2 aromatic carbocycles. The van der Waals surface area contributed by atoms with Gasteiger partial charge in [0, 0.05) is 50.9 Å². The van der Waals surface area contributed by atoms with Crippen LogP contribution in [0, 0.1) is 11.7 Å². The quantitative estimate of drug-likeness (QED) is 0.801. The highest BCUT2D eigenvalue weighted by atomic mass is 19.1. The predicted molar refractivity (Wildman–Crippen MR) is 120 cm³/mol. The second-order valence-corrected chi connectivity index (χ2v) is 9.01. The smallest absolute Gasteiger partial charge is 0.230 e. The van der Waals surface area contributed by atoms with Crippen LogP contribution in [-0.2, 0) is 11.2 Å². The van der Waals surface area contributed by atoms with Gasteiger partial charge in [-0.05, 0) is 55.0 Å². The van der Waals surface area contributed by atoms with Crippen LogP contribution in [0.2, 0.25) is 0 Å². The Morgan fingerprint density at radius 3 is 2.55 bits per heavy atom. The lowest BCUT2D eigenvalue weighted by Gasteiger charge is -2.37. The Morgan fingerprint density at radius 2 is 1.81 bits per heavy atom. The molecule has 1 amide bonds. The van der Waals surface area contributed by atoms with E-state index in [1.807, 2.05) is 29.2 Å². The van der Waals surface area contributed by atoms with E-state index in [0.717, 1.165) is 69.7 Å². The van der Waals surface area contributed by atoms with Crippen molar-refractivity contribution in [2.24, 2.45) is 5.92 Å². The van der Waals surface area contributed by atoms with Crippen LogP contribution in [0.1, 0.15) is 36.5 Å². The number of nitrogens with zero attached hydrogens (tertiary/aromatic N) is 3. The van der Waals surface area contributed by atoms with Gasteiger partial charge in [0.05, 0.1) is 11.8 Å². The number of para-hydroxylation sites is 1. The number of anilines is 2. The van der Waals surface area contributed by atoms with Crippen molar-refractivity contribution >= 4 is 17.3 Å². The van der Waals surface area contributed by atoms with Crippen LogP contribution >= 0.6 is 0 Å². The zero-order chi connectivity index (χ0) is 21.4. The number of halogens is 1. The second kappa shape index (κ2) is 8.60. The molecule has 1 aliphatic carbocycles. The number of aliphatic hydroxyl groups is 1. The molecular formula is C25H30FN3O2. The number of carbonyl (C=O) groups excluding carboxylic acids is 1. The summed E-state index contributed by atoms with van der Waals surface area (Å²) in [6.07, 6.45) is 3.39. The molecule has 3 aliphatic rings. The summed E-state index contributed by atoms with van der Waals surface area (Å²) in [5.41, 5.74) is 3.76. The van der Waals surface area contributed by atoms with E-state index in [1.54, 1.807) is 6.07 Å². The Hall–Kier alpha value is -2.44. The van der Waals surface area contributed by atoms with Gasteiger partial charge in [-0.25, -0.2) is 4.39 Å². The lowest BCUT2D eigenvalue weighted by Crippen LogP contribution is -2.47. The molecular weight excluding hydrogens is 393 g/mol. The summed E-state index contributed by atoms with van der Waals surface area (Å²) >= 11 is 0. The first-order valence-electron chi connectivity index (χ1n) is 11.4. The molecule has 5 rings (SSSR count). The number of carbonyl (C=O) groups is 1. The normalized spacial score (nSPS) is 20.5. The van der Waals surface area contributed by atoms with Crippen molar-refractivity contribution in [3.63, 3.8) is 0 Å². The average molecular weight is 424 g/mol. The second-order valence-electron chi connectivity index (χ2n) is 9.01. The SMILES string of the molecule is O=C(C1CC1)N1CCCc2cc([C@H](O)CN3CCN(c4ccccc4F)CC3)ccc21. The molecule has 0 unspecified atom stereocenters. The summed E-state index contributed by atoms with van der Waals surface area (Å²) in [5, 5.41) is 10.9. The number of hydrogen-bond donors (Lipinski definition) is 1. The monoisotopic (exact) mass is 423 g/mol. The maximum absolute atomic E-state index is 14.0. The van der Waals surface area contributed by atoms with Gasteiger partial charge < -0.3 is 14.9 Å². The minimum absolute atomic E-state index is 0.181. The molecule has 0 spiro atoms. The number of fused-ring (bicyclic) bond motifs is 1. The Balaban J connectivity index is 1.21. The third kappa shape index (κ3) is 4.32. The molecule has 2 aromatic rings. The molecule has 2 aliphatic heterocycles. The summed E-state index contributed by atoms with van der Waals surface area (Å²) in [7, 11) is 0.